The zero-order chi connectivity index (χ0) is 21.4. The average Bonchev–Trinajstić information content (AvgIpc) is 3.09. The second-order valence-corrected chi connectivity index (χ2v) is 7.27. The standard InChI is InChI=1S/C21H22F3N3O2S/c22-21(23,24)29-19-9-7-17(8-10-19)26-20-27(12-4-11-25)18(15-30-20)14-28-13-16-5-2-1-3-6-16/h1-3,5-10,15H,4,11-14,25H2. The number of nitrogens with zero attached hydrogens (tertiary/aromatic N) is 2. The quantitative estimate of drug-likeness (QED) is 0.526. The summed E-state index contributed by atoms with van der Waals surface area (Å²) < 4.78 is 48.7. The summed E-state index contributed by atoms with van der Waals surface area (Å²) in [5, 5.41) is 1.97. The van der Waals surface area contributed by atoms with Gasteiger partial charge < -0.3 is 19.8 Å². The molecule has 0 aliphatic heterocycles. The van der Waals surface area contributed by atoms with Crippen LogP contribution in [0.5, 0.6) is 5.75 Å². The normalized spacial score (nSPS) is 12.3. The smallest absolute Gasteiger partial charge is 0.406 e. The van der Waals surface area contributed by atoms with Crippen molar-refractivity contribution in [2.45, 2.75) is 32.5 Å². The van der Waals surface area contributed by atoms with Crippen molar-refractivity contribution in [2.24, 2.45) is 10.7 Å². The largest absolute Gasteiger partial charge is 0.573 e. The van der Waals surface area contributed by atoms with Crippen LogP contribution in [0.3, 0.4) is 0 Å². The summed E-state index contributed by atoms with van der Waals surface area (Å²) in [6.07, 6.45) is -3.94. The van der Waals surface area contributed by atoms with Gasteiger partial charge in [0.05, 0.1) is 24.6 Å². The van der Waals surface area contributed by atoms with Crippen LogP contribution in [0.1, 0.15) is 17.7 Å². The van der Waals surface area contributed by atoms with E-state index < -0.39 is 6.36 Å². The van der Waals surface area contributed by atoms with Gasteiger partial charge in [0.25, 0.3) is 0 Å². The molecule has 0 amide bonds. The fraction of sp³-hybridized carbons (Fsp3) is 0.286. The molecule has 0 bridgehead atoms. The molecule has 0 aliphatic rings. The monoisotopic (exact) mass is 437 g/mol. The SMILES string of the molecule is NCCCn1c(COCc2ccccc2)csc1=Nc1ccc(OC(F)(F)F)cc1. The Bertz CT molecular complexity index is 983. The van der Waals surface area contributed by atoms with E-state index >= 15 is 0 Å². The van der Waals surface area contributed by atoms with Gasteiger partial charge in [0, 0.05) is 11.9 Å². The van der Waals surface area contributed by atoms with Crippen molar-refractivity contribution in [3.63, 3.8) is 0 Å². The number of nitrogens with two attached hydrogens (primary N) is 1. The fourth-order valence-corrected chi connectivity index (χ4v) is 3.67. The fourth-order valence-electron chi connectivity index (χ4n) is 2.74. The van der Waals surface area contributed by atoms with E-state index in [9.17, 15) is 13.2 Å². The Hall–Kier alpha value is -2.62. The third-order valence-corrected chi connectivity index (χ3v) is 5.03. The third-order valence-electron chi connectivity index (χ3n) is 4.12. The molecule has 0 atom stereocenters. The van der Waals surface area contributed by atoms with Crippen LogP contribution in [0, 0.1) is 0 Å². The second-order valence-electron chi connectivity index (χ2n) is 6.44. The summed E-state index contributed by atoms with van der Waals surface area (Å²) in [7, 11) is 0. The minimum atomic E-state index is -4.72. The molecule has 0 unspecified atom stereocenters. The van der Waals surface area contributed by atoms with Gasteiger partial charge in [-0.15, -0.1) is 24.5 Å². The molecule has 30 heavy (non-hydrogen) atoms. The molecular weight excluding hydrogens is 415 g/mol. The maximum Gasteiger partial charge on any atom is 0.573 e. The number of aromatic nitrogens is 1. The average molecular weight is 437 g/mol. The molecule has 9 heteroatoms. The zero-order valence-corrected chi connectivity index (χ0v) is 17.0. The molecule has 3 rings (SSSR count). The summed E-state index contributed by atoms with van der Waals surface area (Å²) in [5.41, 5.74) is 8.26. The van der Waals surface area contributed by atoms with Crippen molar-refractivity contribution in [3.8, 4) is 5.75 Å². The van der Waals surface area contributed by atoms with Crippen LogP contribution in [0.15, 0.2) is 65.0 Å². The minimum absolute atomic E-state index is 0.279. The van der Waals surface area contributed by atoms with E-state index in [0.717, 1.165) is 22.5 Å². The minimum Gasteiger partial charge on any atom is -0.406 e. The molecule has 1 heterocycles. The van der Waals surface area contributed by atoms with Gasteiger partial charge >= 0.3 is 6.36 Å². The van der Waals surface area contributed by atoms with Crippen LogP contribution in [-0.4, -0.2) is 17.5 Å². The maximum atomic E-state index is 12.3. The summed E-state index contributed by atoms with van der Waals surface area (Å²) in [5.74, 6) is -0.279. The Balaban J connectivity index is 1.75. The van der Waals surface area contributed by atoms with E-state index in [1.54, 1.807) is 0 Å². The van der Waals surface area contributed by atoms with E-state index in [-0.39, 0.29) is 5.75 Å². The summed E-state index contributed by atoms with van der Waals surface area (Å²) in [4.78, 5) is 5.29. The summed E-state index contributed by atoms with van der Waals surface area (Å²) >= 11 is 1.45. The number of alkyl halides is 3. The van der Waals surface area contributed by atoms with Crippen molar-refractivity contribution in [1.29, 1.82) is 0 Å². The first-order valence-electron chi connectivity index (χ1n) is 9.34. The Morgan fingerprint density at radius 1 is 1.00 bits per heavy atom. The lowest BCUT2D eigenvalue weighted by Crippen LogP contribution is -2.20. The number of rotatable bonds is 9. The predicted octanol–water partition coefficient (Wildman–Crippen LogP) is 4.75. The summed E-state index contributed by atoms with van der Waals surface area (Å²) in [6.45, 7) is 2.14. The molecule has 2 N–H and O–H groups in total. The van der Waals surface area contributed by atoms with Gasteiger partial charge in [0.2, 0.25) is 0 Å². The third kappa shape index (κ3) is 6.72. The second kappa shape index (κ2) is 10.4. The highest BCUT2D eigenvalue weighted by Gasteiger charge is 2.30. The van der Waals surface area contributed by atoms with Gasteiger partial charge in [-0.3, -0.25) is 0 Å². The molecule has 3 aromatic rings. The lowest BCUT2D eigenvalue weighted by atomic mass is 10.2. The highest BCUT2D eigenvalue weighted by molar-refractivity contribution is 7.07. The number of benzene rings is 2. The van der Waals surface area contributed by atoms with Gasteiger partial charge in [-0.25, -0.2) is 4.99 Å². The first-order valence-corrected chi connectivity index (χ1v) is 10.2. The number of hydrogen-bond donors (Lipinski definition) is 1. The van der Waals surface area contributed by atoms with Gasteiger partial charge in [-0.2, -0.15) is 0 Å². The molecule has 0 aliphatic carbocycles. The molecule has 5 nitrogen and oxygen atoms in total. The topological polar surface area (TPSA) is 61.8 Å². The van der Waals surface area contributed by atoms with E-state index in [0.29, 0.717) is 32.0 Å². The molecule has 0 saturated carbocycles. The van der Waals surface area contributed by atoms with Crippen molar-refractivity contribution in [1.82, 2.24) is 4.57 Å². The van der Waals surface area contributed by atoms with Crippen LogP contribution in [0.25, 0.3) is 0 Å². The Kier molecular flexibility index (Phi) is 7.67. The Morgan fingerprint density at radius 3 is 2.40 bits per heavy atom. The van der Waals surface area contributed by atoms with E-state index in [1.807, 2.05) is 40.3 Å². The highest BCUT2D eigenvalue weighted by Crippen LogP contribution is 2.24. The van der Waals surface area contributed by atoms with Crippen LogP contribution >= 0.6 is 11.3 Å². The van der Waals surface area contributed by atoms with Crippen molar-refractivity contribution in [3.05, 3.63) is 76.0 Å². The molecule has 0 saturated heterocycles. The molecule has 2 aromatic carbocycles. The molecule has 0 spiro atoms. The summed E-state index contributed by atoms with van der Waals surface area (Å²) in [6, 6.07) is 15.4. The van der Waals surface area contributed by atoms with E-state index in [1.165, 1.54) is 35.6 Å². The maximum absolute atomic E-state index is 12.3. The van der Waals surface area contributed by atoms with Crippen LogP contribution in [-0.2, 0) is 24.5 Å². The molecule has 0 fully saturated rings. The van der Waals surface area contributed by atoms with Gasteiger partial charge in [-0.05, 0) is 42.8 Å². The number of thiazole rings is 1. The molecule has 160 valence electrons. The van der Waals surface area contributed by atoms with Crippen molar-refractivity contribution in [2.75, 3.05) is 6.54 Å². The predicted molar refractivity (Wildman–Crippen MR) is 109 cm³/mol. The Labute approximate surface area is 176 Å². The molecule has 1 aromatic heterocycles. The number of ether oxygens (including phenoxy) is 2. The first-order chi connectivity index (χ1) is 14.4. The highest BCUT2D eigenvalue weighted by atomic mass is 32.1. The molecular formula is C21H22F3N3O2S. The first kappa shape index (κ1) is 22.1. The van der Waals surface area contributed by atoms with Gasteiger partial charge in [-0.1, -0.05) is 30.3 Å². The van der Waals surface area contributed by atoms with Crippen LogP contribution < -0.4 is 15.3 Å². The van der Waals surface area contributed by atoms with Crippen molar-refractivity contribution < 1.29 is 22.6 Å². The van der Waals surface area contributed by atoms with E-state index in [4.69, 9.17) is 10.5 Å². The van der Waals surface area contributed by atoms with Gasteiger partial charge in [0.1, 0.15) is 5.75 Å². The zero-order valence-electron chi connectivity index (χ0n) is 16.1. The number of halogens is 3. The lowest BCUT2D eigenvalue weighted by molar-refractivity contribution is -0.274. The van der Waals surface area contributed by atoms with Crippen molar-refractivity contribution >= 4 is 17.0 Å². The molecule has 0 radical (unpaired) electrons. The van der Waals surface area contributed by atoms with Crippen LogP contribution in [0.4, 0.5) is 18.9 Å². The van der Waals surface area contributed by atoms with Crippen LogP contribution in [0.2, 0.25) is 0 Å². The lowest BCUT2D eigenvalue weighted by Gasteiger charge is -2.10. The number of hydrogen-bond acceptors (Lipinski definition) is 5. The van der Waals surface area contributed by atoms with Gasteiger partial charge in [0.15, 0.2) is 4.80 Å². The Morgan fingerprint density at radius 2 is 1.73 bits per heavy atom. The van der Waals surface area contributed by atoms with E-state index in [2.05, 4.69) is 9.73 Å².